The van der Waals surface area contributed by atoms with Crippen LogP contribution in [0.3, 0.4) is 0 Å². The zero-order chi connectivity index (χ0) is 31.7. The van der Waals surface area contributed by atoms with E-state index in [1.165, 1.54) is 22.8 Å². The van der Waals surface area contributed by atoms with Gasteiger partial charge in [0.1, 0.15) is 5.60 Å². The molecule has 0 saturated carbocycles. The molecule has 0 aliphatic heterocycles. The van der Waals surface area contributed by atoms with E-state index in [4.69, 9.17) is 4.74 Å². The predicted molar refractivity (Wildman–Crippen MR) is 170 cm³/mol. The summed E-state index contributed by atoms with van der Waals surface area (Å²) in [5.41, 5.74) is 1.93. The Hall–Kier alpha value is -4.64. The van der Waals surface area contributed by atoms with Crippen molar-refractivity contribution in [1.29, 1.82) is 0 Å². The second kappa shape index (κ2) is 11.6. The van der Waals surface area contributed by atoms with Crippen molar-refractivity contribution < 1.29 is 27.5 Å². The van der Waals surface area contributed by atoms with Crippen LogP contribution >= 0.6 is 0 Å². The minimum absolute atomic E-state index is 0.0240. The van der Waals surface area contributed by atoms with E-state index in [1.54, 1.807) is 63.4 Å². The lowest BCUT2D eigenvalue weighted by Crippen LogP contribution is -2.26. The third-order valence-corrected chi connectivity index (χ3v) is 6.98. The van der Waals surface area contributed by atoms with E-state index < -0.39 is 33.5 Å². The molecule has 43 heavy (non-hydrogen) atoms. The molecule has 0 atom stereocenters. The van der Waals surface area contributed by atoms with E-state index >= 15 is 0 Å². The van der Waals surface area contributed by atoms with Gasteiger partial charge < -0.3 is 15.4 Å². The van der Waals surface area contributed by atoms with Crippen LogP contribution in [0.25, 0.3) is 10.9 Å². The van der Waals surface area contributed by atoms with Gasteiger partial charge in [0.05, 0.1) is 23.0 Å². The van der Waals surface area contributed by atoms with Gasteiger partial charge in [-0.15, -0.1) is 0 Å². The molecule has 4 aromatic rings. The molecule has 226 valence electrons. The smallest absolute Gasteiger partial charge is 0.418 e. The summed E-state index contributed by atoms with van der Waals surface area (Å²) in [7, 11) is -3.63. The number of ether oxygens (including phenoxy) is 1. The maximum Gasteiger partial charge on any atom is 0.418 e. The van der Waals surface area contributed by atoms with E-state index in [-0.39, 0.29) is 22.4 Å². The number of amides is 2. The largest absolute Gasteiger partial charge is 0.443 e. The first kappa shape index (κ1) is 31.3. The van der Waals surface area contributed by atoms with Crippen LogP contribution in [-0.4, -0.2) is 42.7 Å². The quantitative estimate of drug-likeness (QED) is 0.227. The van der Waals surface area contributed by atoms with Crippen molar-refractivity contribution in [2.75, 3.05) is 21.6 Å². The Labute approximate surface area is 251 Å². The number of benzene rings is 3. The third-order valence-electron chi connectivity index (χ3n) is 6.37. The Bertz CT molecular complexity index is 1810. The zero-order valence-electron chi connectivity index (χ0n) is 25.2. The predicted octanol–water partition coefficient (Wildman–Crippen LogP) is 6.60. The number of carbonyl (C=O) groups excluding carboxylic acids is 3. The Morgan fingerprint density at radius 3 is 2.02 bits per heavy atom. The van der Waals surface area contributed by atoms with Crippen molar-refractivity contribution in [2.24, 2.45) is 0 Å². The molecule has 1 heterocycles. The minimum atomic E-state index is -3.63. The van der Waals surface area contributed by atoms with E-state index in [0.29, 0.717) is 16.8 Å². The fraction of sp³-hybridized carbons (Fsp3) is 0.281. The first-order valence-corrected chi connectivity index (χ1v) is 15.5. The highest BCUT2D eigenvalue weighted by Gasteiger charge is 2.21. The molecule has 1 aromatic heterocycles. The number of rotatable bonds is 6. The molecule has 0 aliphatic rings. The van der Waals surface area contributed by atoms with Crippen LogP contribution in [0.5, 0.6) is 0 Å². The highest BCUT2D eigenvalue weighted by Crippen LogP contribution is 2.27. The number of carbonyl (C=O) groups is 3. The van der Waals surface area contributed by atoms with E-state index in [9.17, 15) is 22.8 Å². The topological polar surface area (TPSA) is 136 Å². The monoisotopic (exact) mass is 604 g/mol. The number of nitrogens with zero attached hydrogens (tertiary/aromatic N) is 1. The summed E-state index contributed by atoms with van der Waals surface area (Å²) in [5.74, 6) is -1.04. The molecule has 0 radical (unpaired) electrons. The van der Waals surface area contributed by atoms with Crippen LogP contribution in [0.1, 0.15) is 67.8 Å². The number of anilines is 3. The summed E-state index contributed by atoms with van der Waals surface area (Å²) in [5, 5.41) is 6.32. The van der Waals surface area contributed by atoms with Crippen LogP contribution in [-0.2, 0) is 20.2 Å². The van der Waals surface area contributed by atoms with Crippen molar-refractivity contribution in [3.8, 4) is 0 Å². The number of sulfonamides is 1. The van der Waals surface area contributed by atoms with Gasteiger partial charge in [-0.2, -0.15) is 0 Å². The minimum Gasteiger partial charge on any atom is -0.443 e. The normalized spacial score (nSPS) is 12.1. The molecule has 2 amide bonds. The summed E-state index contributed by atoms with van der Waals surface area (Å²) < 4.78 is 32.9. The first-order valence-electron chi connectivity index (χ1n) is 13.6. The zero-order valence-corrected chi connectivity index (χ0v) is 26.0. The maximum absolute atomic E-state index is 13.6. The SMILES string of the molecule is CC(C)(C)OC(=O)n1ccc2ccc(NC(=O)c3cc(NS(C)(=O)=O)ccc3NC(=O)c3ccc(C(C)(C)C)cc3)cc21. The summed E-state index contributed by atoms with van der Waals surface area (Å²) in [6, 6.07) is 18.2. The molecule has 0 spiro atoms. The van der Waals surface area contributed by atoms with Crippen molar-refractivity contribution in [2.45, 2.75) is 52.6 Å². The standard InChI is InChI=1S/C32H36N4O6S/c1-31(2,3)22-11-8-21(9-12-22)28(37)34-26-15-14-24(35-43(7,40)41)18-25(26)29(38)33-23-13-10-20-16-17-36(27(20)19-23)30(39)42-32(4,5)6/h8-19,35H,1-7H3,(H,33,38)(H,34,37). The van der Waals surface area contributed by atoms with Gasteiger partial charge in [0.15, 0.2) is 0 Å². The second-order valence-corrected chi connectivity index (χ2v) is 14.1. The second-order valence-electron chi connectivity index (χ2n) is 12.3. The molecule has 0 fully saturated rings. The summed E-state index contributed by atoms with van der Waals surface area (Å²) in [6.07, 6.45) is 2.02. The molecule has 0 aliphatic carbocycles. The van der Waals surface area contributed by atoms with Crippen molar-refractivity contribution in [1.82, 2.24) is 4.57 Å². The number of hydrogen-bond donors (Lipinski definition) is 3. The van der Waals surface area contributed by atoms with Crippen molar-refractivity contribution in [3.05, 3.63) is 89.6 Å². The maximum atomic E-state index is 13.6. The van der Waals surface area contributed by atoms with Gasteiger partial charge >= 0.3 is 6.09 Å². The average Bonchev–Trinajstić information content (AvgIpc) is 3.31. The average molecular weight is 605 g/mol. The highest BCUT2D eigenvalue weighted by atomic mass is 32.2. The summed E-state index contributed by atoms with van der Waals surface area (Å²) >= 11 is 0. The van der Waals surface area contributed by atoms with Crippen LogP contribution in [0.4, 0.5) is 21.9 Å². The lowest BCUT2D eigenvalue weighted by Gasteiger charge is -2.20. The van der Waals surface area contributed by atoms with Gasteiger partial charge in [-0.25, -0.2) is 13.2 Å². The Kier molecular flexibility index (Phi) is 8.42. The van der Waals surface area contributed by atoms with E-state index in [1.807, 2.05) is 12.1 Å². The molecule has 0 bridgehead atoms. The fourth-order valence-corrected chi connectivity index (χ4v) is 4.86. The molecule has 0 saturated heterocycles. The Morgan fingerprint density at radius 2 is 1.42 bits per heavy atom. The van der Waals surface area contributed by atoms with Crippen LogP contribution in [0.2, 0.25) is 0 Å². The van der Waals surface area contributed by atoms with Crippen molar-refractivity contribution >= 4 is 55.9 Å². The number of hydrogen-bond acceptors (Lipinski definition) is 6. The highest BCUT2D eigenvalue weighted by molar-refractivity contribution is 7.92. The molecule has 10 nitrogen and oxygen atoms in total. The van der Waals surface area contributed by atoms with Crippen LogP contribution in [0, 0.1) is 0 Å². The molecular weight excluding hydrogens is 568 g/mol. The molecule has 4 rings (SSSR count). The van der Waals surface area contributed by atoms with Crippen molar-refractivity contribution in [3.63, 3.8) is 0 Å². The third kappa shape index (κ3) is 8.01. The lowest BCUT2D eigenvalue weighted by atomic mass is 9.86. The Morgan fingerprint density at radius 1 is 0.767 bits per heavy atom. The van der Waals surface area contributed by atoms with Crippen LogP contribution < -0.4 is 15.4 Å². The first-order chi connectivity index (χ1) is 19.9. The Balaban J connectivity index is 1.65. The molecule has 3 aromatic carbocycles. The number of fused-ring (bicyclic) bond motifs is 1. The fourth-order valence-electron chi connectivity index (χ4n) is 4.31. The lowest BCUT2D eigenvalue weighted by molar-refractivity contribution is 0.0544. The van der Waals surface area contributed by atoms with Gasteiger partial charge in [0.25, 0.3) is 11.8 Å². The summed E-state index contributed by atoms with van der Waals surface area (Å²) in [6.45, 7) is 11.5. The molecular formula is C32H36N4O6S. The molecule has 0 unspecified atom stereocenters. The number of nitrogens with one attached hydrogen (secondary N) is 3. The number of aromatic nitrogens is 1. The van der Waals surface area contributed by atoms with Gasteiger partial charge in [0.2, 0.25) is 10.0 Å². The van der Waals surface area contributed by atoms with Crippen LogP contribution in [0.15, 0.2) is 72.9 Å². The van der Waals surface area contributed by atoms with Gasteiger partial charge in [-0.1, -0.05) is 39.0 Å². The van der Waals surface area contributed by atoms with Gasteiger partial charge in [-0.05, 0) is 80.3 Å². The van der Waals surface area contributed by atoms with Gasteiger partial charge in [-0.3, -0.25) is 18.9 Å². The molecule has 3 N–H and O–H groups in total. The van der Waals surface area contributed by atoms with E-state index in [0.717, 1.165) is 17.2 Å². The summed E-state index contributed by atoms with van der Waals surface area (Å²) in [4.78, 5) is 39.4. The van der Waals surface area contributed by atoms with Gasteiger partial charge in [0, 0.05) is 28.5 Å². The van der Waals surface area contributed by atoms with E-state index in [2.05, 4.69) is 36.1 Å². The molecule has 11 heteroatoms.